The zero-order valence-electron chi connectivity index (χ0n) is 20.0. The molecule has 0 radical (unpaired) electrons. The van der Waals surface area contributed by atoms with E-state index < -0.39 is 5.63 Å². The van der Waals surface area contributed by atoms with Crippen LogP contribution in [0.5, 0.6) is 0 Å². The van der Waals surface area contributed by atoms with E-state index in [9.17, 15) is 14.4 Å². The van der Waals surface area contributed by atoms with E-state index in [2.05, 4.69) is 5.32 Å². The summed E-state index contributed by atoms with van der Waals surface area (Å²) in [7, 11) is 0. The maximum absolute atomic E-state index is 13.6. The molecule has 0 saturated carbocycles. The van der Waals surface area contributed by atoms with Gasteiger partial charge in [-0.05, 0) is 55.3 Å². The van der Waals surface area contributed by atoms with E-state index in [0.29, 0.717) is 33.1 Å². The van der Waals surface area contributed by atoms with Crippen LogP contribution < -0.4 is 16.5 Å². The molecule has 0 aliphatic rings. The van der Waals surface area contributed by atoms with Crippen LogP contribution in [0, 0.1) is 13.8 Å². The fraction of sp³-hybridized carbons (Fsp3) is 0.143. The molecule has 5 rings (SSSR count). The molecule has 180 valence electrons. The number of nitrogens with one attached hydrogen (secondary N) is 1. The first kappa shape index (κ1) is 23.6. The Morgan fingerprint density at radius 2 is 1.81 bits per heavy atom. The van der Waals surface area contributed by atoms with E-state index in [1.807, 2.05) is 56.3 Å². The van der Waals surface area contributed by atoms with Crippen LogP contribution in [0.4, 0.5) is 5.69 Å². The molecule has 1 N–H and O–H groups in total. The number of carbonyl (C=O) groups is 1. The summed E-state index contributed by atoms with van der Waals surface area (Å²) < 4.78 is 7.03. The molecule has 36 heavy (non-hydrogen) atoms. The number of fused-ring (bicyclic) bond motifs is 2. The van der Waals surface area contributed by atoms with Crippen LogP contribution in [-0.2, 0) is 10.5 Å². The number of hydrogen-bond donors (Lipinski definition) is 1. The highest BCUT2D eigenvalue weighted by atomic mass is 32.2. The zero-order chi connectivity index (χ0) is 25.4. The van der Waals surface area contributed by atoms with E-state index in [4.69, 9.17) is 9.40 Å². The van der Waals surface area contributed by atoms with E-state index in [1.165, 1.54) is 24.8 Å². The van der Waals surface area contributed by atoms with E-state index in [1.54, 1.807) is 22.8 Å². The lowest BCUT2D eigenvalue weighted by atomic mass is 10.1. The Kier molecular flexibility index (Phi) is 6.20. The minimum atomic E-state index is -0.490. The third-order valence-electron chi connectivity index (χ3n) is 5.85. The third-order valence-corrected chi connectivity index (χ3v) is 6.83. The van der Waals surface area contributed by atoms with E-state index >= 15 is 0 Å². The third kappa shape index (κ3) is 4.55. The number of aryl methyl sites for hydroxylation is 2. The zero-order valence-corrected chi connectivity index (χ0v) is 20.8. The van der Waals surface area contributed by atoms with Crippen molar-refractivity contribution in [1.29, 1.82) is 0 Å². The molecular weight excluding hydrogens is 474 g/mol. The number of amides is 1. The summed E-state index contributed by atoms with van der Waals surface area (Å²) in [5.74, 6) is 0.173. The molecule has 3 aromatic carbocycles. The Balaban J connectivity index is 1.61. The lowest BCUT2D eigenvalue weighted by Gasteiger charge is -2.16. The van der Waals surface area contributed by atoms with Crippen LogP contribution in [0.25, 0.3) is 27.6 Å². The van der Waals surface area contributed by atoms with Gasteiger partial charge in [0.05, 0.1) is 16.6 Å². The largest absolute Gasteiger partial charge is 0.423 e. The maximum atomic E-state index is 13.6. The maximum Gasteiger partial charge on any atom is 0.336 e. The van der Waals surface area contributed by atoms with Gasteiger partial charge in [-0.15, -0.1) is 0 Å². The van der Waals surface area contributed by atoms with Crippen molar-refractivity contribution in [2.45, 2.75) is 31.7 Å². The molecular formula is C28H23N3O4S. The minimum absolute atomic E-state index is 0.146. The van der Waals surface area contributed by atoms with E-state index in [-0.39, 0.29) is 11.5 Å². The summed E-state index contributed by atoms with van der Waals surface area (Å²) in [4.78, 5) is 42.1. The van der Waals surface area contributed by atoms with Crippen LogP contribution in [0.3, 0.4) is 0 Å². The summed E-state index contributed by atoms with van der Waals surface area (Å²) in [6, 6.07) is 19.9. The number of hydrogen-bond acceptors (Lipinski definition) is 6. The van der Waals surface area contributed by atoms with E-state index in [0.717, 1.165) is 27.8 Å². The lowest BCUT2D eigenvalue weighted by Crippen LogP contribution is -2.22. The van der Waals surface area contributed by atoms with Gasteiger partial charge in [0, 0.05) is 35.9 Å². The van der Waals surface area contributed by atoms with Gasteiger partial charge in [-0.2, -0.15) is 0 Å². The average molecular weight is 498 g/mol. The molecule has 0 unspecified atom stereocenters. The van der Waals surface area contributed by atoms with Crippen LogP contribution in [0.15, 0.2) is 85.9 Å². The van der Waals surface area contributed by atoms with Crippen molar-refractivity contribution in [2.75, 3.05) is 5.32 Å². The molecule has 5 aromatic rings. The van der Waals surface area contributed by atoms with Gasteiger partial charge in [0.2, 0.25) is 5.91 Å². The monoisotopic (exact) mass is 497 g/mol. The quantitative estimate of drug-likeness (QED) is 0.200. The molecule has 2 aromatic heterocycles. The lowest BCUT2D eigenvalue weighted by molar-refractivity contribution is -0.114. The molecule has 7 nitrogen and oxygen atoms in total. The van der Waals surface area contributed by atoms with Gasteiger partial charge < -0.3 is 9.73 Å². The summed E-state index contributed by atoms with van der Waals surface area (Å²) in [5.41, 5.74) is 4.48. The smallest absolute Gasteiger partial charge is 0.336 e. The Bertz CT molecular complexity index is 1770. The first-order valence-corrected chi connectivity index (χ1v) is 12.4. The van der Waals surface area contributed by atoms with Gasteiger partial charge >= 0.3 is 5.63 Å². The van der Waals surface area contributed by atoms with Gasteiger partial charge in [-0.1, -0.05) is 41.6 Å². The van der Waals surface area contributed by atoms with Gasteiger partial charge in [-0.3, -0.25) is 14.2 Å². The molecule has 0 atom stereocenters. The van der Waals surface area contributed by atoms with Gasteiger partial charge in [0.1, 0.15) is 5.58 Å². The van der Waals surface area contributed by atoms with Crippen molar-refractivity contribution in [3.63, 3.8) is 0 Å². The first-order valence-electron chi connectivity index (χ1n) is 11.4. The van der Waals surface area contributed by atoms with Crippen molar-refractivity contribution in [3.8, 4) is 5.69 Å². The van der Waals surface area contributed by atoms with Crippen LogP contribution in [0.2, 0.25) is 0 Å². The number of benzene rings is 3. The van der Waals surface area contributed by atoms with Crippen LogP contribution >= 0.6 is 11.8 Å². The average Bonchev–Trinajstić information content (AvgIpc) is 2.83. The van der Waals surface area contributed by atoms with Crippen molar-refractivity contribution in [3.05, 3.63) is 104 Å². The first-order chi connectivity index (χ1) is 17.3. The number of anilines is 1. The molecule has 0 spiro atoms. The predicted octanol–water partition coefficient (Wildman–Crippen LogP) is 5.36. The SMILES string of the molecule is CC(=O)Nc1ccc2c(CSc3nc4ccccc4c(=O)n3-c3ccc(C)cc3C)cc(=O)oc2c1. The number of carbonyl (C=O) groups excluding carboxylic acids is 1. The molecule has 0 fully saturated rings. The Morgan fingerprint density at radius 1 is 1.00 bits per heavy atom. The van der Waals surface area contributed by atoms with Crippen molar-refractivity contribution < 1.29 is 9.21 Å². The number of rotatable bonds is 5. The molecule has 0 aliphatic carbocycles. The van der Waals surface area contributed by atoms with Gasteiger partial charge in [-0.25, -0.2) is 9.78 Å². The molecule has 0 saturated heterocycles. The summed E-state index contributed by atoms with van der Waals surface area (Å²) >= 11 is 1.38. The summed E-state index contributed by atoms with van der Waals surface area (Å²) in [6.45, 7) is 5.40. The number of nitrogens with zero attached hydrogens (tertiary/aromatic N) is 2. The van der Waals surface area contributed by atoms with Crippen molar-refractivity contribution in [2.24, 2.45) is 0 Å². The molecule has 0 aliphatic heterocycles. The van der Waals surface area contributed by atoms with Crippen LogP contribution in [0.1, 0.15) is 23.6 Å². The predicted molar refractivity (Wildman–Crippen MR) is 143 cm³/mol. The van der Waals surface area contributed by atoms with Crippen molar-refractivity contribution >= 4 is 45.2 Å². The Morgan fingerprint density at radius 3 is 2.58 bits per heavy atom. The molecule has 1 amide bonds. The number of para-hydroxylation sites is 1. The fourth-order valence-corrected chi connectivity index (χ4v) is 5.25. The van der Waals surface area contributed by atoms with Crippen molar-refractivity contribution in [1.82, 2.24) is 9.55 Å². The van der Waals surface area contributed by atoms with Crippen LogP contribution in [-0.4, -0.2) is 15.5 Å². The second-order valence-electron chi connectivity index (χ2n) is 8.61. The normalized spacial score (nSPS) is 11.2. The number of aromatic nitrogens is 2. The fourth-order valence-electron chi connectivity index (χ4n) is 4.25. The Hall–Kier alpha value is -4.17. The topological polar surface area (TPSA) is 94.2 Å². The highest BCUT2D eigenvalue weighted by Gasteiger charge is 2.16. The second kappa shape index (κ2) is 9.47. The van der Waals surface area contributed by atoms with Gasteiger partial charge in [0.15, 0.2) is 5.16 Å². The second-order valence-corrected chi connectivity index (χ2v) is 9.56. The number of thioether (sulfide) groups is 1. The minimum Gasteiger partial charge on any atom is -0.423 e. The molecule has 8 heteroatoms. The molecule has 0 bridgehead atoms. The summed E-state index contributed by atoms with van der Waals surface area (Å²) in [5, 5.41) is 4.51. The Labute approximate surface area is 210 Å². The standard InChI is InChI=1S/C28H23N3O4S/c1-16-8-11-24(17(2)12-16)31-27(34)22-6-4-5-7-23(22)30-28(31)36-15-19-13-26(33)35-25-14-20(29-18(3)32)9-10-21(19)25/h4-14H,15H2,1-3H3,(H,29,32). The highest BCUT2D eigenvalue weighted by Crippen LogP contribution is 2.29. The molecule has 2 heterocycles. The summed E-state index contributed by atoms with van der Waals surface area (Å²) in [6.07, 6.45) is 0. The van der Waals surface area contributed by atoms with Gasteiger partial charge in [0.25, 0.3) is 5.56 Å². The highest BCUT2D eigenvalue weighted by molar-refractivity contribution is 7.98.